The zero-order valence-corrected chi connectivity index (χ0v) is 16.0. The van der Waals surface area contributed by atoms with Crippen molar-refractivity contribution in [2.75, 3.05) is 7.11 Å². The zero-order chi connectivity index (χ0) is 18.8. The van der Waals surface area contributed by atoms with Crippen molar-refractivity contribution >= 4 is 23.2 Å². The van der Waals surface area contributed by atoms with Gasteiger partial charge in [0.1, 0.15) is 10.8 Å². The molecule has 0 aliphatic rings. The van der Waals surface area contributed by atoms with E-state index in [-0.39, 0.29) is 22.7 Å². The van der Waals surface area contributed by atoms with Crippen LogP contribution in [-0.4, -0.2) is 33.7 Å². The number of ether oxygens (including phenoxy) is 1. The SMILES string of the molecule is COc1ccccc1C[C@@H](C)NC(=O)c1nn2c(C)cc(C)nc2c1Cl. The monoisotopic (exact) mass is 372 g/mol. The Kier molecular flexibility index (Phi) is 5.13. The summed E-state index contributed by atoms with van der Waals surface area (Å²) in [6.07, 6.45) is 0.636. The van der Waals surface area contributed by atoms with Gasteiger partial charge >= 0.3 is 0 Å². The second kappa shape index (κ2) is 7.33. The first-order chi connectivity index (χ1) is 12.4. The largest absolute Gasteiger partial charge is 0.496 e. The van der Waals surface area contributed by atoms with Crippen LogP contribution < -0.4 is 10.1 Å². The number of hydrogen-bond acceptors (Lipinski definition) is 4. The molecule has 26 heavy (non-hydrogen) atoms. The Labute approximate surface area is 157 Å². The average Bonchev–Trinajstić information content (AvgIpc) is 2.92. The number of methoxy groups -OCH3 is 1. The smallest absolute Gasteiger partial charge is 0.273 e. The second-order valence-electron chi connectivity index (χ2n) is 6.33. The van der Waals surface area contributed by atoms with E-state index in [0.717, 1.165) is 22.7 Å². The molecule has 0 spiro atoms. The molecular formula is C19H21ClN4O2. The van der Waals surface area contributed by atoms with E-state index in [1.54, 1.807) is 11.6 Å². The molecule has 3 rings (SSSR count). The number of halogens is 1. The van der Waals surface area contributed by atoms with E-state index in [9.17, 15) is 4.79 Å². The molecule has 7 heteroatoms. The van der Waals surface area contributed by atoms with Crippen LogP contribution in [0.5, 0.6) is 5.75 Å². The summed E-state index contributed by atoms with van der Waals surface area (Å²) in [4.78, 5) is 17.0. The van der Waals surface area contributed by atoms with Crippen LogP contribution in [-0.2, 0) is 6.42 Å². The third-order valence-electron chi connectivity index (χ3n) is 4.15. The van der Waals surface area contributed by atoms with Crippen LogP contribution in [0.1, 0.15) is 34.4 Å². The van der Waals surface area contributed by atoms with Crippen molar-refractivity contribution in [1.82, 2.24) is 19.9 Å². The van der Waals surface area contributed by atoms with Crippen molar-refractivity contribution < 1.29 is 9.53 Å². The number of amides is 1. The first-order valence-corrected chi connectivity index (χ1v) is 8.73. The van der Waals surface area contributed by atoms with Gasteiger partial charge in [0, 0.05) is 17.4 Å². The Morgan fingerprint density at radius 2 is 2.08 bits per heavy atom. The molecule has 136 valence electrons. The summed E-state index contributed by atoms with van der Waals surface area (Å²) in [6.45, 7) is 5.71. The summed E-state index contributed by atoms with van der Waals surface area (Å²) < 4.78 is 6.95. The molecule has 0 aliphatic heterocycles. The molecular weight excluding hydrogens is 352 g/mol. The third kappa shape index (κ3) is 3.51. The van der Waals surface area contributed by atoms with Crippen LogP contribution in [0.25, 0.3) is 5.65 Å². The quantitative estimate of drug-likeness (QED) is 0.745. The molecule has 2 heterocycles. The minimum atomic E-state index is -0.319. The highest BCUT2D eigenvalue weighted by Gasteiger charge is 2.21. The van der Waals surface area contributed by atoms with Gasteiger partial charge in [0.15, 0.2) is 11.3 Å². The standard InChI is InChI=1S/C19H21ClN4O2/c1-11-9-13(3)24-18(21-11)16(20)17(23-24)19(25)22-12(2)10-14-7-5-6-8-15(14)26-4/h5-9,12H,10H2,1-4H3,(H,22,25)/t12-/m1/s1. The Balaban J connectivity index is 1.81. The maximum atomic E-state index is 12.7. The predicted molar refractivity (Wildman–Crippen MR) is 101 cm³/mol. The first-order valence-electron chi connectivity index (χ1n) is 8.36. The van der Waals surface area contributed by atoms with E-state index < -0.39 is 0 Å². The molecule has 1 aromatic carbocycles. The number of carbonyl (C=O) groups excluding carboxylic acids is 1. The van der Waals surface area contributed by atoms with E-state index in [1.165, 1.54) is 0 Å². The van der Waals surface area contributed by atoms with Gasteiger partial charge in [-0.25, -0.2) is 9.50 Å². The van der Waals surface area contributed by atoms with Crippen LogP contribution in [0.3, 0.4) is 0 Å². The number of aryl methyl sites for hydroxylation is 2. The van der Waals surface area contributed by atoms with Crippen molar-refractivity contribution in [1.29, 1.82) is 0 Å². The molecule has 0 saturated carbocycles. The summed E-state index contributed by atoms with van der Waals surface area (Å²) >= 11 is 6.36. The number of nitrogens with zero attached hydrogens (tertiary/aromatic N) is 3. The number of fused-ring (bicyclic) bond motifs is 1. The van der Waals surface area contributed by atoms with E-state index in [4.69, 9.17) is 16.3 Å². The van der Waals surface area contributed by atoms with Crippen molar-refractivity contribution in [3.05, 3.63) is 58.0 Å². The van der Waals surface area contributed by atoms with Crippen LogP contribution in [0.2, 0.25) is 5.02 Å². The van der Waals surface area contributed by atoms with Crippen LogP contribution in [0.4, 0.5) is 0 Å². The second-order valence-corrected chi connectivity index (χ2v) is 6.71. The normalized spacial score (nSPS) is 12.2. The Morgan fingerprint density at radius 3 is 2.81 bits per heavy atom. The molecule has 1 amide bonds. The number of carbonyl (C=O) groups is 1. The fourth-order valence-corrected chi connectivity index (χ4v) is 3.23. The molecule has 0 unspecified atom stereocenters. The van der Waals surface area contributed by atoms with E-state index in [2.05, 4.69) is 15.4 Å². The number of nitrogens with one attached hydrogen (secondary N) is 1. The van der Waals surface area contributed by atoms with Gasteiger partial charge in [-0.1, -0.05) is 29.8 Å². The molecule has 0 aliphatic carbocycles. The summed E-state index contributed by atoms with van der Waals surface area (Å²) in [5, 5.41) is 7.54. The van der Waals surface area contributed by atoms with E-state index in [0.29, 0.717) is 12.1 Å². The molecule has 1 atom stereocenters. The van der Waals surface area contributed by atoms with Gasteiger partial charge in [-0.3, -0.25) is 4.79 Å². The fraction of sp³-hybridized carbons (Fsp3) is 0.316. The number of para-hydroxylation sites is 1. The number of aromatic nitrogens is 3. The maximum Gasteiger partial charge on any atom is 0.273 e. The zero-order valence-electron chi connectivity index (χ0n) is 15.2. The molecule has 3 aromatic rings. The van der Waals surface area contributed by atoms with Gasteiger partial charge < -0.3 is 10.1 Å². The molecule has 6 nitrogen and oxygen atoms in total. The van der Waals surface area contributed by atoms with Crippen molar-refractivity contribution in [3.8, 4) is 5.75 Å². The topological polar surface area (TPSA) is 68.5 Å². The van der Waals surface area contributed by atoms with E-state index in [1.807, 2.05) is 51.1 Å². The summed E-state index contributed by atoms with van der Waals surface area (Å²) in [5.74, 6) is 0.481. The van der Waals surface area contributed by atoms with E-state index >= 15 is 0 Å². The highest BCUT2D eigenvalue weighted by atomic mass is 35.5. The van der Waals surface area contributed by atoms with Gasteiger partial charge in [0.25, 0.3) is 5.91 Å². The molecule has 1 N–H and O–H groups in total. The Morgan fingerprint density at radius 1 is 1.35 bits per heavy atom. The Hall–Kier alpha value is -2.60. The summed E-state index contributed by atoms with van der Waals surface area (Å²) in [5.41, 5.74) is 3.40. The van der Waals surface area contributed by atoms with Gasteiger partial charge in [0.05, 0.1) is 7.11 Å². The third-order valence-corrected chi connectivity index (χ3v) is 4.50. The average molecular weight is 373 g/mol. The van der Waals surface area contributed by atoms with Crippen molar-refractivity contribution in [3.63, 3.8) is 0 Å². The maximum absolute atomic E-state index is 12.7. The fourth-order valence-electron chi connectivity index (χ4n) is 2.98. The highest BCUT2D eigenvalue weighted by molar-refractivity contribution is 6.36. The van der Waals surface area contributed by atoms with Crippen LogP contribution in [0.15, 0.2) is 30.3 Å². The lowest BCUT2D eigenvalue weighted by molar-refractivity contribution is 0.0934. The van der Waals surface area contributed by atoms with Crippen molar-refractivity contribution in [2.24, 2.45) is 0 Å². The van der Waals surface area contributed by atoms with Crippen LogP contribution >= 0.6 is 11.6 Å². The van der Waals surface area contributed by atoms with Gasteiger partial charge in [-0.15, -0.1) is 0 Å². The molecule has 0 bridgehead atoms. The lowest BCUT2D eigenvalue weighted by Gasteiger charge is -2.15. The van der Waals surface area contributed by atoms with Crippen LogP contribution in [0, 0.1) is 13.8 Å². The highest BCUT2D eigenvalue weighted by Crippen LogP contribution is 2.23. The minimum absolute atomic E-state index is 0.115. The first kappa shape index (κ1) is 18.2. The molecule has 0 radical (unpaired) electrons. The molecule has 2 aromatic heterocycles. The summed E-state index contributed by atoms with van der Waals surface area (Å²) in [6, 6.07) is 9.52. The predicted octanol–water partition coefficient (Wildman–Crippen LogP) is 3.37. The lowest BCUT2D eigenvalue weighted by atomic mass is 10.1. The molecule has 0 fully saturated rings. The lowest BCUT2D eigenvalue weighted by Crippen LogP contribution is -2.34. The Bertz CT molecular complexity index is 968. The van der Waals surface area contributed by atoms with Gasteiger partial charge in [0.2, 0.25) is 0 Å². The molecule has 0 saturated heterocycles. The van der Waals surface area contributed by atoms with Gasteiger partial charge in [-0.05, 0) is 44.9 Å². The summed E-state index contributed by atoms with van der Waals surface area (Å²) in [7, 11) is 1.63. The number of rotatable bonds is 5. The number of hydrogen-bond donors (Lipinski definition) is 1. The van der Waals surface area contributed by atoms with Gasteiger partial charge in [-0.2, -0.15) is 5.10 Å². The number of benzene rings is 1. The van der Waals surface area contributed by atoms with Crippen molar-refractivity contribution in [2.45, 2.75) is 33.2 Å². The minimum Gasteiger partial charge on any atom is -0.496 e.